The number of sulfone groups is 1. The van der Waals surface area contributed by atoms with Crippen molar-refractivity contribution in [3.8, 4) is 17.3 Å². The maximum atomic E-state index is 14.1. The van der Waals surface area contributed by atoms with Gasteiger partial charge >= 0.3 is 6.18 Å². The van der Waals surface area contributed by atoms with Gasteiger partial charge in [0.15, 0.2) is 9.84 Å². The summed E-state index contributed by atoms with van der Waals surface area (Å²) in [6, 6.07) is 6.17. The summed E-state index contributed by atoms with van der Waals surface area (Å²) >= 11 is 0. The Hall–Kier alpha value is -3.54. The van der Waals surface area contributed by atoms with Gasteiger partial charge in [-0.2, -0.15) is 23.5 Å². The molecule has 0 spiro atoms. The number of nitrogens with one attached hydrogen (secondary N) is 1. The van der Waals surface area contributed by atoms with Crippen LogP contribution in [0.15, 0.2) is 35.4 Å². The minimum atomic E-state index is -5.06. The number of benzene rings is 1. The van der Waals surface area contributed by atoms with Gasteiger partial charge in [-0.1, -0.05) is 6.07 Å². The maximum Gasteiger partial charge on any atom is 0.417 e. The molecule has 0 radical (unpaired) electrons. The lowest BCUT2D eigenvalue weighted by Gasteiger charge is -2.40. The number of rotatable bonds is 6. The van der Waals surface area contributed by atoms with Gasteiger partial charge in [0.05, 0.1) is 52.4 Å². The molecule has 1 aromatic carbocycles. The quantitative estimate of drug-likeness (QED) is 0.520. The van der Waals surface area contributed by atoms with Crippen molar-refractivity contribution in [1.29, 1.82) is 5.26 Å². The van der Waals surface area contributed by atoms with Crippen LogP contribution in [-0.4, -0.2) is 64.7 Å². The van der Waals surface area contributed by atoms with Crippen LogP contribution in [0.25, 0.3) is 11.3 Å². The highest BCUT2D eigenvalue weighted by molar-refractivity contribution is 7.92. The Morgan fingerprint density at radius 3 is 2.30 bits per heavy atom. The minimum Gasteiger partial charge on any atom is -0.338 e. The first-order valence-corrected chi connectivity index (χ1v) is 13.9. The van der Waals surface area contributed by atoms with E-state index < -0.39 is 92.8 Å². The molecule has 3 atom stereocenters. The summed E-state index contributed by atoms with van der Waals surface area (Å²) in [5, 5.41) is 14.2. The molecule has 40 heavy (non-hydrogen) atoms. The van der Waals surface area contributed by atoms with E-state index in [4.69, 9.17) is 0 Å². The molecular weight excluding hydrogens is 561 g/mol. The number of alkyl halides is 5. The van der Waals surface area contributed by atoms with E-state index in [9.17, 15) is 45.2 Å². The van der Waals surface area contributed by atoms with Gasteiger partial charge in [0.25, 0.3) is 5.92 Å². The summed E-state index contributed by atoms with van der Waals surface area (Å²) < 4.78 is 98.0. The van der Waals surface area contributed by atoms with E-state index in [0.29, 0.717) is 24.6 Å². The maximum absolute atomic E-state index is 14.1. The molecule has 1 N–H and O–H groups in total. The lowest BCUT2D eigenvalue weighted by molar-refractivity contribution is -0.171. The second kappa shape index (κ2) is 9.25. The van der Waals surface area contributed by atoms with Gasteiger partial charge in [0, 0.05) is 18.8 Å². The van der Waals surface area contributed by atoms with Crippen LogP contribution in [0.4, 0.5) is 22.0 Å². The van der Waals surface area contributed by atoms with Crippen molar-refractivity contribution < 1.29 is 40.0 Å². The standard InChI is InChI=1S/C25H24F5N5O4S/c1-34-19(4-7-32-34)14-2-3-20(18(8-14)25(28,29)30)40(38,39)15-9-16(21(36)33-23(11-31)5-6-23)17(10-15)22(37)35-12-24(26,27)13-35/h2-4,7-8,15-17H,5-6,9-10,12-13H2,1H3,(H,33,36)/t15-,16-,17-/m1/s1. The molecule has 3 aliphatic rings. The third-order valence-electron chi connectivity index (χ3n) is 7.80. The number of hydrogen-bond acceptors (Lipinski definition) is 6. The van der Waals surface area contributed by atoms with Crippen LogP contribution >= 0.6 is 0 Å². The first-order chi connectivity index (χ1) is 18.6. The molecule has 2 aromatic rings. The molecule has 0 unspecified atom stereocenters. The van der Waals surface area contributed by atoms with Crippen LogP contribution in [0.2, 0.25) is 0 Å². The van der Waals surface area contributed by atoms with Crippen molar-refractivity contribution in [2.75, 3.05) is 13.1 Å². The highest BCUT2D eigenvalue weighted by Crippen LogP contribution is 2.45. The average Bonchev–Trinajstić information content (AvgIpc) is 3.27. The number of halogens is 5. The number of aromatic nitrogens is 2. The van der Waals surface area contributed by atoms with Gasteiger partial charge in [-0.25, -0.2) is 17.2 Å². The number of nitrogens with zero attached hydrogens (tertiary/aromatic N) is 4. The zero-order chi connectivity index (χ0) is 29.3. The SMILES string of the molecule is Cn1nccc1-c1ccc(S(=O)(=O)[C@@H]2C[C@@H](C(=O)NC3(C#N)CC3)[C@H](C(=O)N3CC(F)(F)C3)C2)c(C(F)(F)F)c1. The van der Waals surface area contributed by atoms with E-state index in [1.807, 2.05) is 6.07 Å². The predicted octanol–water partition coefficient (Wildman–Crippen LogP) is 2.92. The third-order valence-corrected chi connectivity index (χ3v) is 10.0. The molecule has 2 aliphatic carbocycles. The zero-order valence-electron chi connectivity index (χ0n) is 21.1. The molecule has 1 aliphatic heterocycles. The summed E-state index contributed by atoms with van der Waals surface area (Å²) in [5.41, 5.74) is -2.18. The molecule has 1 saturated heterocycles. The number of carbonyl (C=O) groups is 2. The van der Waals surface area contributed by atoms with Crippen molar-refractivity contribution in [3.05, 3.63) is 36.0 Å². The summed E-state index contributed by atoms with van der Waals surface area (Å²) in [7, 11) is -3.24. The van der Waals surface area contributed by atoms with E-state index in [0.717, 1.165) is 11.0 Å². The van der Waals surface area contributed by atoms with Crippen LogP contribution in [0, 0.1) is 23.2 Å². The number of amides is 2. The van der Waals surface area contributed by atoms with Gasteiger partial charge in [-0.15, -0.1) is 0 Å². The van der Waals surface area contributed by atoms with E-state index in [1.54, 1.807) is 0 Å². The molecular formula is C25H24F5N5O4S. The number of hydrogen-bond donors (Lipinski definition) is 1. The molecule has 214 valence electrons. The number of carbonyl (C=O) groups excluding carboxylic acids is 2. The molecule has 2 saturated carbocycles. The molecule has 0 bridgehead atoms. The van der Waals surface area contributed by atoms with Crippen molar-refractivity contribution in [2.24, 2.45) is 18.9 Å². The summed E-state index contributed by atoms with van der Waals surface area (Å²) in [5.74, 6) is -7.46. The second-order valence-electron chi connectivity index (χ2n) is 10.6. The normalized spacial score (nSPS) is 25.1. The van der Waals surface area contributed by atoms with Gasteiger partial charge in [-0.05, 0) is 43.9 Å². The molecule has 9 nitrogen and oxygen atoms in total. The highest BCUT2D eigenvalue weighted by Gasteiger charge is 2.55. The number of aryl methyl sites for hydroxylation is 1. The molecule has 2 heterocycles. The molecule has 3 fully saturated rings. The monoisotopic (exact) mass is 585 g/mol. The lowest BCUT2D eigenvalue weighted by Crippen LogP contribution is -2.60. The highest BCUT2D eigenvalue weighted by atomic mass is 32.2. The van der Waals surface area contributed by atoms with E-state index in [-0.39, 0.29) is 5.56 Å². The fourth-order valence-electron chi connectivity index (χ4n) is 5.42. The van der Waals surface area contributed by atoms with Crippen LogP contribution in [0.5, 0.6) is 0 Å². The zero-order valence-corrected chi connectivity index (χ0v) is 21.9. The first-order valence-electron chi connectivity index (χ1n) is 12.4. The van der Waals surface area contributed by atoms with Gasteiger partial charge in [0.1, 0.15) is 5.54 Å². The Morgan fingerprint density at radius 2 is 1.77 bits per heavy atom. The summed E-state index contributed by atoms with van der Waals surface area (Å²) in [6.07, 6.45) is -4.02. The van der Waals surface area contributed by atoms with Gasteiger partial charge in [0.2, 0.25) is 11.8 Å². The van der Waals surface area contributed by atoms with Crippen LogP contribution in [0.3, 0.4) is 0 Å². The second-order valence-corrected chi connectivity index (χ2v) is 12.8. The molecule has 2 amide bonds. The smallest absolute Gasteiger partial charge is 0.338 e. The Kier molecular flexibility index (Phi) is 6.48. The minimum absolute atomic E-state index is 0.0768. The topological polar surface area (TPSA) is 125 Å². The fraction of sp³-hybridized carbons (Fsp3) is 0.520. The molecule has 1 aromatic heterocycles. The van der Waals surface area contributed by atoms with Crippen molar-refractivity contribution in [2.45, 2.75) is 53.5 Å². The van der Waals surface area contributed by atoms with Crippen LogP contribution in [0.1, 0.15) is 31.2 Å². The number of likely N-dealkylation sites (tertiary alicyclic amines) is 1. The Morgan fingerprint density at radius 1 is 1.12 bits per heavy atom. The van der Waals surface area contributed by atoms with Gasteiger partial charge < -0.3 is 10.2 Å². The lowest BCUT2D eigenvalue weighted by atomic mass is 9.92. The van der Waals surface area contributed by atoms with Crippen molar-refractivity contribution >= 4 is 21.7 Å². The van der Waals surface area contributed by atoms with E-state index in [1.165, 1.54) is 30.1 Å². The fourth-order valence-corrected chi connectivity index (χ4v) is 7.44. The summed E-state index contributed by atoms with van der Waals surface area (Å²) in [6.45, 7) is -1.80. The number of nitriles is 1. The van der Waals surface area contributed by atoms with Crippen LogP contribution < -0.4 is 5.32 Å². The Balaban J connectivity index is 1.49. The third kappa shape index (κ3) is 4.93. The largest absolute Gasteiger partial charge is 0.417 e. The van der Waals surface area contributed by atoms with E-state index >= 15 is 0 Å². The molecule has 15 heteroatoms. The van der Waals surface area contributed by atoms with E-state index in [2.05, 4.69) is 10.4 Å². The van der Waals surface area contributed by atoms with Crippen LogP contribution in [-0.2, 0) is 32.7 Å². The van der Waals surface area contributed by atoms with Crippen molar-refractivity contribution in [1.82, 2.24) is 20.0 Å². The van der Waals surface area contributed by atoms with Gasteiger partial charge in [-0.3, -0.25) is 14.3 Å². The Labute approximate surface area is 225 Å². The summed E-state index contributed by atoms with van der Waals surface area (Å²) in [4.78, 5) is 26.0. The Bertz CT molecular complexity index is 1520. The van der Waals surface area contributed by atoms with Crippen molar-refractivity contribution in [3.63, 3.8) is 0 Å². The molecule has 5 rings (SSSR count). The predicted molar refractivity (Wildman–Crippen MR) is 128 cm³/mol. The average molecular weight is 586 g/mol. The first kappa shape index (κ1) is 28.0.